The highest BCUT2D eigenvalue weighted by molar-refractivity contribution is 6.03. The SMILES string of the molecule is Nc1ccccc1NC(=O)/C=C/c1ccc(CCNC(=O)OCc2cccnc2)cc1. The van der Waals surface area contributed by atoms with E-state index < -0.39 is 6.09 Å². The molecule has 7 heteroatoms. The van der Waals surface area contributed by atoms with Crippen LogP contribution >= 0.6 is 0 Å². The molecule has 0 radical (unpaired) electrons. The molecule has 1 heterocycles. The van der Waals surface area contributed by atoms with Crippen LogP contribution in [-0.2, 0) is 22.6 Å². The summed E-state index contributed by atoms with van der Waals surface area (Å²) in [6, 6.07) is 18.5. The summed E-state index contributed by atoms with van der Waals surface area (Å²) in [5.74, 6) is -0.254. The highest BCUT2D eigenvalue weighted by atomic mass is 16.5. The van der Waals surface area contributed by atoms with E-state index in [1.165, 1.54) is 6.08 Å². The van der Waals surface area contributed by atoms with Crippen molar-refractivity contribution >= 4 is 29.5 Å². The van der Waals surface area contributed by atoms with Crippen molar-refractivity contribution in [3.05, 3.63) is 95.8 Å². The van der Waals surface area contributed by atoms with E-state index in [0.29, 0.717) is 24.3 Å². The van der Waals surface area contributed by atoms with E-state index in [-0.39, 0.29) is 12.5 Å². The van der Waals surface area contributed by atoms with E-state index in [2.05, 4.69) is 15.6 Å². The van der Waals surface area contributed by atoms with Crippen molar-refractivity contribution in [2.75, 3.05) is 17.6 Å². The largest absolute Gasteiger partial charge is 0.445 e. The maximum absolute atomic E-state index is 12.0. The number of nitrogens with two attached hydrogens (primary N) is 1. The molecule has 0 atom stereocenters. The summed E-state index contributed by atoms with van der Waals surface area (Å²) in [5, 5.41) is 5.47. The van der Waals surface area contributed by atoms with Crippen LogP contribution in [0.1, 0.15) is 16.7 Å². The van der Waals surface area contributed by atoms with Gasteiger partial charge >= 0.3 is 6.09 Å². The summed E-state index contributed by atoms with van der Waals surface area (Å²) in [7, 11) is 0. The molecule has 4 N–H and O–H groups in total. The molecule has 0 unspecified atom stereocenters. The quantitative estimate of drug-likeness (QED) is 0.383. The van der Waals surface area contributed by atoms with Gasteiger partial charge in [-0.05, 0) is 41.8 Å². The van der Waals surface area contributed by atoms with Gasteiger partial charge in [-0.25, -0.2) is 4.79 Å². The zero-order chi connectivity index (χ0) is 21.9. The second-order valence-corrected chi connectivity index (χ2v) is 6.77. The van der Waals surface area contributed by atoms with E-state index >= 15 is 0 Å². The third-order valence-corrected chi connectivity index (χ3v) is 4.40. The molecule has 2 aromatic carbocycles. The molecular weight excluding hydrogens is 392 g/mol. The smallest absolute Gasteiger partial charge is 0.407 e. The van der Waals surface area contributed by atoms with E-state index in [9.17, 15) is 9.59 Å². The van der Waals surface area contributed by atoms with Crippen LogP contribution in [0, 0.1) is 0 Å². The number of hydrogen-bond donors (Lipinski definition) is 3. The first-order chi connectivity index (χ1) is 15.1. The summed E-state index contributed by atoms with van der Waals surface area (Å²) in [6.45, 7) is 0.646. The third kappa shape index (κ3) is 7.32. The molecule has 3 rings (SSSR count). The Morgan fingerprint density at radius 1 is 1.00 bits per heavy atom. The van der Waals surface area contributed by atoms with Crippen LogP contribution in [0.2, 0.25) is 0 Å². The number of hydrogen-bond acceptors (Lipinski definition) is 5. The number of benzene rings is 2. The van der Waals surface area contributed by atoms with Crippen LogP contribution in [0.15, 0.2) is 79.1 Å². The monoisotopic (exact) mass is 416 g/mol. The zero-order valence-corrected chi connectivity index (χ0v) is 17.0. The Kier molecular flexibility index (Phi) is 7.77. The number of anilines is 2. The molecule has 158 valence electrons. The molecule has 7 nitrogen and oxygen atoms in total. The lowest BCUT2D eigenvalue weighted by atomic mass is 10.1. The summed E-state index contributed by atoms with van der Waals surface area (Å²) >= 11 is 0. The van der Waals surface area contributed by atoms with Crippen molar-refractivity contribution < 1.29 is 14.3 Å². The second-order valence-electron chi connectivity index (χ2n) is 6.77. The summed E-state index contributed by atoms with van der Waals surface area (Å²) in [4.78, 5) is 27.8. The van der Waals surface area contributed by atoms with Gasteiger partial charge in [-0.3, -0.25) is 9.78 Å². The van der Waals surface area contributed by atoms with Gasteiger partial charge in [-0.2, -0.15) is 0 Å². The molecule has 0 spiro atoms. The van der Waals surface area contributed by atoms with E-state index in [4.69, 9.17) is 10.5 Å². The fraction of sp³-hybridized carbons (Fsp3) is 0.125. The Morgan fingerprint density at radius 3 is 2.55 bits per heavy atom. The van der Waals surface area contributed by atoms with Gasteiger partial charge in [0.2, 0.25) is 5.91 Å². The first-order valence-corrected chi connectivity index (χ1v) is 9.82. The van der Waals surface area contributed by atoms with Crippen molar-refractivity contribution in [3.8, 4) is 0 Å². The predicted molar refractivity (Wildman–Crippen MR) is 121 cm³/mol. The number of para-hydroxylation sites is 2. The number of nitrogens with zero attached hydrogens (tertiary/aromatic N) is 1. The van der Waals surface area contributed by atoms with Gasteiger partial charge in [0.25, 0.3) is 0 Å². The third-order valence-electron chi connectivity index (χ3n) is 4.40. The minimum Gasteiger partial charge on any atom is -0.445 e. The summed E-state index contributed by atoms with van der Waals surface area (Å²) < 4.78 is 5.14. The van der Waals surface area contributed by atoms with Gasteiger partial charge < -0.3 is 21.1 Å². The molecule has 1 aromatic heterocycles. The van der Waals surface area contributed by atoms with Gasteiger partial charge in [-0.1, -0.05) is 42.5 Å². The minimum atomic E-state index is -0.464. The van der Waals surface area contributed by atoms with Crippen molar-refractivity contribution in [3.63, 3.8) is 0 Å². The average molecular weight is 416 g/mol. The number of nitrogens with one attached hydrogen (secondary N) is 2. The predicted octanol–water partition coefficient (Wildman–Crippen LogP) is 3.78. The molecule has 0 aliphatic rings. The molecule has 0 saturated carbocycles. The maximum atomic E-state index is 12.0. The van der Waals surface area contributed by atoms with Gasteiger partial charge in [0.15, 0.2) is 0 Å². The Bertz CT molecular complexity index is 1030. The van der Waals surface area contributed by atoms with Crippen molar-refractivity contribution in [1.29, 1.82) is 0 Å². The van der Waals surface area contributed by atoms with Gasteiger partial charge in [0, 0.05) is 30.6 Å². The highest BCUT2D eigenvalue weighted by Gasteiger charge is 2.03. The van der Waals surface area contributed by atoms with Crippen molar-refractivity contribution in [2.45, 2.75) is 13.0 Å². The van der Waals surface area contributed by atoms with Crippen molar-refractivity contribution in [1.82, 2.24) is 10.3 Å². The van der Waals surface area contributed by atoms with Gasteiger partial charge in [0.05, 0.1) is 11.4 Å². The lowest BCUT2D eigenvalue weighted by Crippen LogP contribution is -2.26. The number of carbonyl (C=O) groups excluding carboxylic acids is 2. The van der Waals surface area contributed by atoms with Crippen LogP contribution in [0.4, 0.5) is 16.2 Å². The molecule has 0 aliphatic carbocycles. The fourth-order valence-corrected chi connectivity index (χ4v) is 2.74. The van der Waals surface area contributed by atoms with Crippen LogP contribution in [0.5, 0.6) is 0 Å². The lowest BCUT2D eigenvalue weighted by molar-refractivity contribution is -0.111. The second kappa shape index (κ2) is 11.2. The number of nitrogen functional groups attached to an aromatic ring is 1. The van der Waals surface area contributed by atoms with Crippen LogP contribution in [0.3, 0.4) is 0 Å². The topological polar surface area (TPSA) is 106 Å². The van der Waals surface area contributed by atoms with E-state index in [1.807, 2.05) is 42.5 Å². The number of rotatable bonds is 8. The first kappa shape index (κ1) is 21.6. The van der Waals surface area contributed by atoms with Crippen LogP contribution < -0.4 is 16.4 Å². The molecule has 0 bridgehead atoms. The number of amides is 2. The molecular formula is C24H24N4O3. The maximum Gasteiger partial charge on any atom is 0.407 e. The lowest BCUT2D eigenvalue weighted by Gasteiger charge is -2.07. The number of alkyl carbamates (subject to hydrolysis) is 1. The number of aromatic nitrogens is 1. The normalized spacial score (nSPS) is 10.6. The summed E-state index contributed by atoms with van der Waals surface area (Å²) in [5.41, 5.74) is 9.71. The Labute approximate surface area is 181 Å². The van der Waals surface area contributed by atoms with E-state index in [1.54, 1.807) is 36.7 Å². The Hall–Kier alpha value is -4.13. The fourth-order valence-electron chi connectivity index (χ4n) is 2.74. The molecule has 3 aromatic rings. The first-order valence-electron chi connectivity index (χ1n) is 9.82. The van der Waals surface area contributed by atoms with Gasteiger partial charge in [0.1, 0.15) is 6.61 Å². The molecule has 2 amide bonds. The Balaban J connectivity index is 1.39. The van der Waals surface area contributed by atoms with Crippen LogP contribution in [0.25, 0.3) is 6.08 Å². The molecule has 0 fully saturated rings. The highest BCUT2D eigenvalue weighted by Crippen LogP contribution is 2.16. The Morgan fingerprint density at radius 2 is 1.81 bits per heavy atom. The molecule has 31 heavy (non-hydrogen) atoms. The molecule has 0 saturated heterocycles. The number of ether oxygens (including phenoxy) is 1. The van der Waals surface area contributed by atoms with E-state index in [0.717, 1.165) is 16.7 Å². The zero-order valence-electron chi connectivity index (χ0n) is 17.0. The minimum absolute atomic E-state index is 0.186. The van der Waals surface area contributed by atoms with Gasteiger partial charge in [-0.15, -0.1) is 0 Å². The van der Waals surface area contributed by atoms with Crippen molar-refractivity contribution in [2.24, 2.45) is 0 Å². The number of pyridine rings is 1. The van der Waals surface area contributed by atoms with Crippen LogP contribution in [-0.4, -0.2) is 23.5 Å². The average Bonchev–Trinajstić information content (AvgIpc) is 2.79. The summed E-state index contributed by atoms with van der Waals surface area (Å²) in [6.07, 6.45) is 6.71. The standard InChI is InChI=1S/C24H24N4O3/c25-21-5-1-2-6-22(21)28-23(29)12-11-18-7-9-19(10-8-18)13-15-27-24(30)31-17-20-4-3-14-26-16-20/h1-12,14,16H,13,15,17,25H2,(H,27,30)(H,28,29)/b12-11+. The molecule has 0 aliphatic heterocycles. The number of carbonyl (C=O) groups is 2.